The molecule has 0 spiro atoms. The van der Waals surface area contributed by atoms with Gasteiger partial charge in [0, 0.05) is 26.1 Å². The van der Waals surface area contributed by atoms with E-state index in [-0.39, 0.29) is 61.0 Å². The number of sulfonamides is 1. The minimum atomic E-state index is -4.51. The average molecular weight is 713 g/mol. The van der Waals surface area contributed by atoms with E-state index in [0.29, 0.717) is 12.0 Å². The molecule has 3 N–H and O–H groups in total. The van der Waals surface area contributed by atoms with E-state index in [2.05, 4.69) is 10.6 Å². The van der Waals surface area contributed by atoms with Gasteiger partial charge >= 0.3 is 6.18 Å². The normalized spacial score (nSPS) is 14.8. The molecule has 9 nitrogen and oxygen atoms in total. The summed E-state index contributed by atoms with van der Waals surface area (Å²) in [7, 11) is -4.13. The number of anilines is 3. The van der Waals surface area contributed by atoms with Crippen molar-refractivity contribution < 1.29 is 40.7 Å². The monoisotopic (exact) mass is 712 g/mol. The summed E-state index contributed by atoms with van der Waals surface area (Å²) in [5.41, 5.74) is 0.204. The summed E-state index contributed by atoms with van der Waals surface area (Å²) in [4.78, 5) is 28.6. The van der Waals surface area contributed by atoms with Gasteiger partial charge in [-0.05, 0) is 60.4 Å². The summed E-state index contributed by atoms with van der Waals surface area (Å²) >= 11 is 0. The van der Waals surface area contributed by atoms with Crippen molar-refractivity contribution in [1.82, 2.24) is 10.6 Å². The van der Waals surface area contributed by atoms with Crippen LogP contribution in [0.4, 0.5) is 34.6 Å². The molecular formula is C36H36F4N4O5S. The Hall–Kier alpha value is -4.79. The second kappa shape index (κ2) is 15.4. The van der Waals surface area contributed by atoms with Crippen LogP contribution in [-0.2, 0) is 34.0 Å². The summed E-state index contributed by atoms with van der Waals surface area (Å²) in [6.45, 7) is 0.108. The van der Waals surface area contributed by atoms with Crippen LogP contribution in [0.2, 0.25) is 0 Å². The smallest absolute Gasteiger partial charge is 0.390 e. The lowest BCUT2D eigenvalue weighted by molar-refractivity contribution is -0.137. The number of nitrogens with zero attached hydrogens (tertiary/aromatic N) is 2. The zero-order valence-corrected chi connectivity index (χ0v) is 27.8. The largest absolute Gasteiger partial charge is 0.416 e. The number of carbonyl (C=O) groups excluding carboxylic acids is 2. The van der Waals surface area contributed by atoms with E-state index in [0.717, 1.165) is 40.4 Å². The Bertz CT molecular complexity index is 1940. The fourth-order valence-electron chi connectivity index (χ4n) is 5.92. The van der Waals surface area contributed by atoms with E-state index in [1.807, 2.05) is 0 Å². The number of hydrogen-bond donors (Lipinski definition) is 3. The number of rotatable bonds is 13. The summed E-state index contributed by atoms with van der Waals surface area (Å²) in [5, 5.41) is 17.1. The van der Waals surface area contributed by atoms with Crippen molar-refractivity contribution >= 4 is 38.9 Å². The second-order valence-electron chi connectivity index (χ2n) is 12.0. The van der Waals surface area contributed by atoms with E-state index >= 15 is 0 Å². The van der Waals surface area contributed by atoms with Crippen LogP contribution in [0.1, 0.15) is 39.9 Å². The quantitative estimate of drug-likeness (QED) is 0.156. The minimum Gasteiger partial charge on any atom is -0.390 e. The van der Waals surface area contributed by atoms with Gasteiger partial charge in [0.15, 0.2) is 0 Å². The van der Waals surface area contributed by atoms with Crippen molar-refractivity contribution in [2.24, 2.45) is 0 Å². The molecule has 1 saturated heterocycles. The Morgan fingerprint density at radius 3 is 2.32 bits per heavy atom. The summed E-state index contributed by atoms with van der Waals surface area (Å²) in [5.74, 6) is -1.74. The van der Waals surface area contributed by atoms with Gasteiger partial charge in [0.05, 0.1) is 46.6 Å². The third-order valence-electron chi connectivity index (χ3n) is 8.21. The fraction of sp³-hybridized carbons (Fsp3) is 0.278. The molecule has 0 bridgehead atoms. The van der Waals surface area contributed by atoms with E-state index in [1.165, 1.54) is 47.4 Å². The third-order valence-corrected chi connectivity index (χ3v) is 9.28. The summed E-state index contributed by atoms with van der Waals surface area (Å²) in [6.07, 6.45) is -4.02. The van der Waals surface area contributed by atoms with Crippen molar-refractivity contribution in [2.75, 3.05) is 28.6 Å². The van der Waals surface area contributed by atoms with Gasteiger partial charge < -0.3 is 20.6 Å². The van der Waals surface area contributed by atoms with Crippen molar-refractivity contribution in [2.45, 2.75) is 44.1 Å². The summed E-state index contributed by atoms with van der Waals surface area (Å²) < 4.78 is 81.2. The number of carbonyl (C=O) groups is 2. The SMILES string of the molecule is CS(=O)(=O)N(c1cccc(F)c1)c1cccc(C(=O)N[C@@H](Cc2ccccc2)[C@H](O)CNCc2cccc(C(F)(F)F)c2)c1N1CCCC1=O. The highest BCUT2D eigenvalue weighted by molar-refractivity contribution is 7.92. The van der Waals surface area contributed by atoms with Crippen LogP contribution in [0.25, 0.3) is 0 Å². The molecule has 4 aromatic carbocycles. The van der Waals surface area contributed by atoms with Crippen molar-refractivity contribution in [1.29, 1.82) is 0 Å². The molecule has 2 amide bonds. The first-order valence-electron chi connectivity index (χ1n) is 15.8. The topological polar surface area (TPSA) is 119 Å². The number of aliphatic hydroxyl groups is 1. The molecule has 50 heavy (non-hydrogen) atoms. The number of aliphatic hydroxyl groups excluding tert-OH is 1. The Morgan fingerprint density at radius 2 is 1.66 bits per heavy atom. The number of amides is 2. The van der Waals surface area contributed by atoms with Gasteiger partial charge in [0.2, 0.25) is 15.9 Å². The molecule has 1 heterocycles. The number of hydrogen-bond acceptors (Lipinski definition) is 6. The first-order chi connectivity index (χ1) is 23.7. The van der Waals surface area contributed by atoms with Crippen LogP contribution in [0, 0.1) is 5.82 Å². The van der Waals surface area contributed by atoms with Crippen LogP contribution in [0.15, 0.2) is 97.1 Å². The maximum atomic E-state index is 14.3. The van der Waals surface area contributed by atoms with Gasteiger partial charge in [-0.15, -0.1) is 0 Å². The molecule has 1 aliphatic heterocycles. The van der Waals surface area contributed by atoms with Crippen LogP contribution in [0.3, 0.4) is 0 Å². The molecular weight excluding hydrogens is 676 g/mol. The highest BCUT2D eigenvalue weighted by Gasteiger charge is 2.34. The van der Waals surface area contributed by atoms with Crippen LogP contribution in [0.5, 0.6) is 0 Å². The fourth-order valence-corrected chi connectivity index (χ4v) is 6.92. The van der Waals surface area contributed by atoms with E-state index < -0.39 is 45.6 Å². The van der Waals surface area contributed by atoms with Crippen molar-refractivity contribution in [3.05, 3.63) is 125 Å². The summed E-state index contributed by atoms with van der Waals surface area (Å²) in [6, 6.07) is 22.1. The van der Waals surface area contributed by atoms with Gasteiger partial charge in [-0.1, -0.05) is 60.7 Å². The Labute approximate surface area is 287 Å². The Morgan fingerprint density at radius 1 is 0.960 bits per heavy atom. The van der Waals surface area contributed by atoms with Crippen LogP contribution < -0.4 is 19.8 Å². The average Bonchev–Trinajstić information content (AvgIpc) is 3.49. The van der Waals surface area contributed by atoms with E-state index in [9.17, 15) is 40.7 Å². The third kappa shape index (κ3) is 8.86. The van der Waals surface area contributed by atoms with E-state index in [1.54, 1.807) is 30.3 Å². The van der Waals surface area contributed by atoms with E-state index in [4.69, 9.17) is 0 Å². The van der Waals surface area contributed by atoms with Gasteiger partial charge in [-0.3, -0.25) is 9.59 Å². The number of benzene rings is 4. The van der Waals surface area contributed by atoms with Gasteiger partial charge in [-0.2, -0.15) is 13.2 Å². The number of para-hydroxylation sites is 1. The minimum absolute atomic E-state index is 0.0116. The maximum absolute atomic E-state index is 14.3. The molecule has 0 radical (unpaired) electrons. The Balaban J connectivity index is 1.47. The molecule has 14 heteroatoms. The van der Waals surface area contributed by atoms with Crippen LogP contribution >= 0.6 is 0 Å². The predicted octanol–water partition coefficient (Wildman–Crippen LogP) is 5.56. The van der Waals surface area contributed by atoms with Gasteiger partial charge in [0.25, 0.3) is 5.91 Å². The van der Waals surface area contributed by atoms with Crippen LogP contribution in [-0.4, -0.2) is 56.8 Å². The van der Waals surface area contributed by atoms with Gasteiger partial charge in [0.1, 0.15) is 5.82 Å². The number of halogens is 4. The molecule has 0 unspecified atom stereocenters. The number of alkyl halides is 3. The molecule has 1 aliphatic rings. The van der Waals surface area contributed by atoms with Crippen molar-refractivity contribution in [3.63, 3.8) is 0 Å². The van der Waals surface area contributed by atoms with Crippen molar-refractivity contribution in [3.8, 4) is 0 Å². The molecule has 0 aromatic heterocycles. The lowest BCUT2D eigenvalue weighted by atomic mass is 9.99. The van der Waals surface area contributed by atoms with Gasteiger partial charge in [-0.25, -0.2) is 17.1 Å². The highest BCUT2D eigenvalue weighted by Crippen LogP contribution is 2.41. The highest BCUT2D eigenvalue weighted by atomic mass is 32.2. The molecule has 1 fully saturated rings. The molecule has 5 rings (SSSR count). The zero-order chi connectivity index (χ0) is 36.1. The zero-order valence-electron chi connectivity index (χ0n) is 27.0. The molecule has 2 atom stereocenters. The molecule has 4 aromatic rings. The molecule has 0 aliphatic carbocycles. The first-order valence-corrected chi connectivity index (χ1v) is 17.7. The lowest BCUT2D eigenvalue weighted by Crippen LogP contribution is -2.49. The molecule has 0 saturated carbocycles. The lowest BCUT2D eigenvalue weighted by Gasteiger charge is -2.30. The first kappa shape index (κ1) is 36.5. The molecule has 264 valence electrons. The maximum Gasteiger partial charge on any atom is 0.416 e. The second-order valence-corrected chi connectivity index (χ2v) is 13.8. The standard InChI is InChI=1S/C36H36F4N4O5S/c1-50(48,49)44(28-14-6-13-27(37)21-28)31-16-7-15-29(34(31)43-18-8-17-33(43)46)35(47)42-30(20-24-9-3-2-4-10-24)32(45)23-41-22-25-11-5-12-26(19-25)36(38,39)40/h2-7,9-16,19,21,30,32,41,45H,8,17-18,20,22-23H2,1H3,(H,42,47)/t30-,32+/m0/s1. The number of nitrogens with one attached hydrogen (secondary N) is 2. The predicted molar refractivity (Wildman–Crippen MR) is 182 cm³/mol. The Kier molecular flexibility index (Phi) is 11.2.